The van der Waals surface area contributed by atoms with Gasteiger partial charge in [-0.15, -0.1) is 0 Å². The Kier molecular flexibility index (Phi) is 4.21. The number of rotatable bonds is 6. The van der Waals surface area contributed by atoms with Gasteiger partial charge in [0, 0.05) is 11.9 Å². The largest absolute Gasteiger partial charge is 0.394 e. The average Bonchev–Trinajstić information content (AvgIpc) is 2.97. The van der Waals surface area contributed by atoms with Gasteiger partial charge in [-0.2, -0.15) is 5.10 Å². The fourth-order valence-electron chi connectivity index (χ4n) is 2.01. The molecule has 2 rings (SSSR count). The summed E-state index contributed by atoms with van der Waals surface area (Å²) in [6.07, 6.45) is 3.04. The van der Waals surface area contributed by atoms with Gasteiger partial charge in [0.05, 0.1) is 37.4 Å². The minimum absolute atomic E-state index is 0.0942. The van der Waals surface area contributed by atoms with E-state index in [0.29, 0.717) is 17.1 Å². The van der Waals surface area contributed by atoms with E-state index in [0.717, 1.165) is 0 Å². The molecule has 0 spiro atoms. The third-order valence-corrected chi connectivity index (χ3v) is 4.56. The summed E-state index contributed by atoms with van der Waals surface area (Å²) in [6.45, 7) is 3.60. The second-order valence-corrected chi connectivity index (χ2v) is 6.05. The first kappa shape index (κ1) is 14.7. The Bertz CT molecular complexity index is 675. The van der Waals surface area contributed by atoms with Crippen LogP contribution in [0.25, 0.3) is 0 Å². The molecule has 0 unspecified atom stereocenters. The zero-order valence-electron chi connectivity index (χ0n) is 11.3. The van der Waals surface area contributed by atoms with E-state index in [1.807, 2.05) is 0 Å². The Morgan fingerprint density at radius 2 is 2.20 bits per heavy atom. The van der Waals surface area contributed by atoms with Gasteiger partial charge in [0.1, 0.15) is 4.90 Å². The van der Waals surface area contributed by atoms with E-state index in [2.05, 4.69) is 19.8 Å². The van der Waals surface area contributed by atoms with Crippen LogP contribution in [0.5, 0.6) is 0 Å². The predicted molar refractivity (Wildman–Crippen MR) is 71.4 cm³/mol. The number of aliphatic hydroxyl groups excluding tert-OH is 1. The number of hydrogen-bond donors (Lipinski definition) is 3. The number of nitrogens with zero attached hydrogens (tertiary/aromatic N) is 3. The quantitative estimate of drug-likeness (QED) is 0.677. The lowest BCUT2D eigenvalue weighted by molar-refractivity contribution is 0.267. The third-order valence-electron chi connectivity index (χ3n) is 2.90. The van der Waals surface area contributed by atoms with Crippen molar-refractivity contribution < 1.29 is 13.5 Å². The van der Waals surface area contributed by atoms with Crippen molar-refractivity contribution in [2.24, 2.45) is 0 Å². The second-order valence-electron chi connectivity index (χ2n) is 4.35. The van der Waals surface area contributed by atoms with E-state index in [1.54, 1.807) is 20.0 Å². The van der Waals surface area contributed by atoms with Crippen LogP contribution in [0.1, 0.15) is 17.1 Å². The SMILES string of the molecule is Cc1nn(CCO)c(C)c1S(=O)(=O)NCc1cnc[nH]1. The number of H-pyrrole nitrogens is 1. The molecule has 0 bridgehead atoms. The van der Waals surface area contributed by atoms with Crippen LogP contribution in [0.15, 0.2) is 17.4 Å². The molecule has 8 nitrogen and oxygen atoms in total. The molecule has 2 aromatic heterocycles. The maximum absolute atomic E-state index is 12.3. The monoisotopic (exact) mass is 299 g/mol. The van der Waals surface area contributed by atoms with Gasteiger partial charge in [0.15, 0.2) is 0 Å². The summed E-state index contributed by atoms with van der Waals surface area (Å²) in [7, 11) is -3.66. The van der Waals surface area contributed by atoms with Crippen molar-refractivity contribution >= 4 is 10.0 Å². The van der Waals surface area contributed by atoms with E-state index < -0.39 is 10.0 Å². The van der Waals surface area contributed by atoms with Crippen LogP contribution in [-0.4, -0.2) is 39.9 Å². The number of sulfonamides is 1. The van der Waals surface area contributed by atoms with Crippen molar-refractivity contribution in [2.75, 3.05) is 6.61 Å². The Morgan fingerprint density at radius 3 is 2.80 bits per heavy atom. The standard InChI is InChI=1S/C11H17N5O3S/c1-8-11(9(2)16(15-8)3-4-17)20(18,19)14-6-10-5-12-7-13-10/h5,7,14,17H,3-4,6H2,1-2H3,(H,12,13). The summed E-state index contributed by atoms with van der Waals surface area (Å²) in [4.78, 5) is 6.81. The van der Waals surface area contributed by atoms with Gasteiger partial charge in [-0.3, -0.25) is 4.68 Å². The van der Waals surface area contributed by atoms with E-state index in [1.165, 1.54) is 11.0 Å². The molecule has 0 amide bonds. The third kappa shape index (κ3) is 2.89. The Morgan fingerprint density at radius 1 is 1.45 bits per heavy atom. The minimum atomic E-state index is -3.66. The minimum Gasteiger partial charge on any atom is -0.394 e. The smallest absolute Gasteiger partial charge is 0.244 e. The van der Waals surface area contributed by atoms with Crippen LogP contribution >= 0.6 is 0 Å². The maximum atomic E-state index is 12.3. The molecule has 0 saturated carbocycles. The Hall–Kier alpha value is -1.71. The zero-order valence-corrected chi connectivity index (χ0v) is 12.1. The molecule has 20 heavy (non-hydrogen) atoms. The second kappa shape index (κ2) is 5.73. The fraction of sp³-hybridized carbons (Fsp3) is 0.455. The van der Waals surface area contributed by atoms with Crippen LogP contribution in [-0.2, 0) is 23.1 Å². The molecule has 0 radical (unpaired) electrons. The highest BCUT2D eigenvalue weighted by atomic mass is 32.2. The van der Waals surface area contributed by atoms with Crippen LogP contribution < -0.4 is 4.72 Å². The topological polar surface area (TPSA) is 113 Å². The molecule has 0 aliphatic carbocycles. The summed E-state index contributed by atoms with van der Waals surface area (Å²) in [5, 5.41) is 13.1. The van der Waals surface area contributed by atoms with E-state index in [9.17, 15) is 8.42 Å². The highest BCUT2D eigenvalue weighted by Crippen LogP contribution is 2.19. The summed E-state index contributed by atoms with van der Waals surface area (Å²) in [6, 6.07) is 0. The maximum Gasteiger partial charge on any atom is 0.244 e. The first-order valence-corrected chi connectivity index (χ1v) is 7.56. The number of aryl methyl sites for hydroxylation is 1. The normalized spacial score (nSPS) is 11.9. The van der Waals surface area contributed by atoms with Gasteiger partial charge in [0.25, 0.3) is 0 Å². The zero-order chi connectivity index (χ0) is 14.8. The van der Waals surface area contributed by atoms with Gasteiger partial charge in [-0.05, 0) is 13.8 Å². The first-order chi connectivity index (χ1) is 9.45. The van der Waals surface area contributed by atoms with Crippen molar-refractivity contribution in [2.45, 2.75) is 31.8 Å². The average molecular weight is 299 g/mol. The van der Waals surface area contributed by atoms with Gasteiger partial charge < -0.3 is 10.1 Å². The number of nitrogens with one attached hydrogen (secondary N) is 2. The molecular weight excluding hydrogens is 282 g/mol. The molecular formula is C11H17N5O3S. The molecule has 0 aromatic carbocycles. The van der Waals surface area contributed by atoms with Gasteiger partial charge >= 0.3 is 0 Å². The van der Waals surface area contributed by atoms with E-state index in [-0.39, 0.29) is 24.6 Å². The molecule has 3 N–H and O–H groups in total. The number of hydrogen-bond acceptors (Lipinski definition) is 5. The number of aromatic nitrogens is 4. The summed E-state index contributed by atoms with van der Waals surface area (Å²) in [5.74, 6) is 0. The predicted octanol–water partition coefficient (Wildman–Crippen LogP) is -0.306. The van der Waals surface area contributed by atoms with Crippen molar-refractivity contribution in [1.29, 1.82) is 0 Å². The first-order valence-electron chi connectivity index (χ1n) is 6.07. The molecule has 110 valence electrons. The lowest BCUT2D eigenvalue weighted by atomic mass is 10.4. The molecule has 2 aromatic rings. The van der Waals surface area contributed by atoms with Crippen LogP contribution in [0.3, 0.4) is 0 Å². The number of aliphatic hydroxyl groups is 1. The summed E-state index contributed by atoms with van der Waals surface area (Å²) >= 11 is 0. The van der Waals surface area contributed by atoms with Crippen molar-refractivity contribution in [1.82, 2.24) is 24.5 Å². The lowest BCUT2D eigenvalue weighted by Gasteiger charge is -2.06. The Balaban J connectivity index is 2.25. The van der Waals surface area contributed by atoms with E-state index >= 15 is 0 Å². The van der Waals surface area contributed by atoms with E-state index in [4.69, 9.17) is 5.11 Å². The number of imidazole rings is 1. The lowest BCUT2D eigenvalue weighted by Crippen LogP contribution is -2.24. The number of aromatic amines is 1. The van der Waals surface area contributed by atoms with Crippen LogP contribution in [0.4, 0.5) is 0 Å². The van der Waals surface area contributed by atoms with Crippen molar-refractivity contribution in [3.63, 3.8) is 0 Å². The molecule has 0 atom stereocenters. The molecule has 0 saturated heterocycles. The molecule has 0 aliphatic rings. The molecule has 2 heterocycles. The highest BCUT2D eigenvalue weighted by Gasteiger charge is 2.24. The van der Waals surface area contributed by atoms with Gasteiger partial charge in [-0.1, -0.05) is 0 Å². The van der Waals surface area contributed by atoms with Crippen molar-refractivity contribution in [3.8, 4) is 0 Å². The van der Waals surface area contributed by atoms with Gasteiger partial charge in [-0.25, -0.2) is 18.1 Å². The van der Waals surface area contributed by atoms with Crippen molar-refractivity contribution in [3.05, 3.63) is 29.6 Å². The summed E-state index contributed by atoms with van der Waals surface area (Å²) in [5.41, 5.74) is 1.59. The Labute approximate surface area is 116 Å². The van der Waals surface area contributed by atoms with Crippen LogP contribution in [0.2, 0.25) is 0 Å². The molecule has 0 aliphatic heterocycles. The summed E-state index contributed by atoms with van der Waals surface area (Å²) < 4.78 is 28.6. The van der Waals surface area contributed by atoms with Crippen LogP contribution in [0, 0.1) is 13.8 Å². The fourth-order valence-corrected chi connectivity index (χ4v) is 3.42. The highest BCUT2D eigenvalue weighted by molar-refractivity contribution is 7.89. The molecule has 0 fully saturated rings. The molecule has 9 heteroatoms. The van der Waals surface area contributed by atoms with Gasteiger partial charge in [0.2, 0.25) is 10.0 Å².